The van der Waals surface area contributed by atoms with E-state index in [0.717, 1.165) is 64.1 Å². The fraction of sp³-hybridized carbons (Fsp3) is 0.750. The third kappa shape index (κ3) is 3.98. The monoisotopic (exact) mass is 347 g/mol. The number of aromatic nitrogens is 4. The first-order valence-electron chi connectivity index (χ1n) is 9.19. The van der Waals surface area contributed by atoms with Crippen LogP contribution in [0.4, 0.5) is 11.6 Å². The first-order chi connectivity index (χ1) is 12.4. The molecule has 9 nitrogen and oxygen atoms in total. The standard InChI is InChI=1S/C16H25N7O2/c1-2-4-7-23(6-3-1)16-15(18-13-14(19-16)21-25-20-13)17-5-8-22-9-11-24-12-10-22/h1-12H2,(H,17,18,20). The molecule has 2 saturated heterocycles. The summed E-state index contributed by atoms with van der Waals surface area (Å²) in [5.74, 6) is 1.64. The zero-order chi connectivity index (χ0) is 16.9. The zero-order valence-corrected chi connectivity index (χ0v) is 14.5. The van der Waals surface area contributed by atoms with Crippen LogP contribution in [-0.4, -0.2) is 77.7 Å². The summed E-state index contributed by atoms with van der Waals surface area (Å²) in [5.41, 5.74) is 0.922. The number of morpholine rings is 1. The van der Waals surface area contributed by atoms with E-state index >= 15 is 0 Å². The molecule has 0 aromatic carbocycles. The van der Waals surface area contributed by atoms with Gasteiger partial charge >= 0.3 is 0 Å². The Bertz CT molecular complexity index is 678. The van der Waals surface area contributed by atoms with Gasteiger partial charge in [-0.25, -0.2) is 14.6 Å². The average Bonchev–Trinajstić information content (AvgIpc) is 2.93. The number of nitrogens with zero attached hydrogens (tertiary/aromatic N) is 6. The second-order valence-electron chi connectivity index (χ2n) is 6.59. The molecule has 1 N–H and O–H groups in total. The predicted octanol–water partition coefficient (Wildman–Crippen LogP) is 1.14. The summed E-state index contributed by atoms with van der Waals surface area (Å²) in [5, 5.41) is 11.1. The molecule has 0 aliphatic carbocycles. The van der Waals surface area contributed by atoms with Gasteiger partial charge in [0.2, 0.25) is 11.3 Å². The van der Waals surface area contributed by atoms with E-state index in [1.165, 1.54) is 25.7 Å². The Morgan fingerprint density at radius 3 is 2.36 bits per heavy atom. The Morgan fingerprint density at radius 1 is 0.880 bits per heavy atom. The molecule has 0 radical (unpaired) electrons. The maximum Gasteiger partial charge on any atom is 0.245 e. The number of ether oxygens (including phenoxy) is 1. The van der Waals surface area contributed by atoms with E-state index in [4.69, 9.17) is 9.37 Å². The molecule has 2 fully saturated rings. The van der Waals surface area contributed by atoms with Crippen molar-refractivity contribution in [3.63, 3.8) is 0 Å². The largest absolute Gasteiger partial charge is 0.379 e. The number of fused-ring (bicyclic) bond motifs is 1. The quantitative estimate of drug-likeness (QED) is 0.854. The van der Waals surface area contributed by atoms with Crippen molar-refractivity contribution in [2.45, 2.75) is 25.7 Å². The molecule has 4 rings (SSSR count). The summed E-state index contributed by atoms with van der Waals surface area (Å²) < 4.78 is 10.2. The lowest BCUT2D eigenvalue weighted by molar-refractivity contribution is 0.0398. The summed E-state index contributed by atoms with van der Waals surface area (Å²) in [4.78, 5) is 14.0. The van der Waals surface area contributed by atoms with Crippen molar-refractivity contribution < 1.29 is 9.37 Å². The predicted molar refractivity (Wildman–Crippen MR) is 93.8 cm³/mol. The van der Waals surface area contributed by atoms with Crippen LogP contribution in [0.25, 0.3) is 11.3 Å². The van der Waals surface area contributed by atoms with E-state index in [1.807, 2.05) is 0 Å². The molecule has 0 unspecified atom stereocenters. The molecule has 2 aromatic rings. The molecule has 0 spiro atoms. The fourth-order valence-corrected chi connectivity index (χ4v) is 3.41. The van der Waals surface area contributed by atoms with Gasteiger partial charge in [0, 0.05) is 39.3 Å². The SMILES string of the molecule is C1CCCN(c2nc3nonc3nc2NCCN2CCOCC2)CC1. The lowest BCUT2D eigenvalue weighted by atomic mass is 10.2. The van der Waals surface area contributed by atoms with E-state index in [9.17, 15) is 0 Å². The Balaban J connectivity index is 1.49. The van der Waals surface area contributed by atoms with Gasteiger partial charge in [-0.3, -0.25) is 4.90 Å². The van der Waals surface area contributed by atoms with Crippen molar-refractivity contribution in [3.8, 4) is 0 Å². The maximum absolute atomic E-state index is 5.40. The number of rotatable bonds is 5. The Morgan fingerprint density at radius 2 is 1.60 bits per heavy atom. The van der Waals surface area contributed by atoms with Crippen LogP contribution in [0.5, 0.6) is 0 Å². The Labute approximate surface area is 146 Å². The second kappa shape index (κ2) is 7.92. The maximum atomic E-state index is 5.40. The Hall–Kier alpha value is -2.00. The molecule has 136 valence electrons. The molecule has 2 aromatic heterocycles. The van der Waals surface area contributed by atoms with Crippen LogP contribution < -0.4 is 10.2 Å². The van der Waals surface area contributed by atoms with Crippen molar-refractivity contribution in [2.24, 2.45) is 0 Å². The molecule has 0 amide bonds. The minimum Gasteiger partial charge on any atom is -0.379 e. The summed E-state index contributed by atoms with van der Waals surface area (Å²) in [6.07, 6.45) is 4.92. The summed E-state index contributed by atoms with van der Waals surface area (Å²) in [6.45, 7) is 7.38. The molecule has 9 heteroatoms. The number of hydrogen-bond acceptors (Lipinski definition) is 9. The van der Waals surface area contributed by atoms with E-state index in [0.29, 0.717) is 11.3 Å². The molecular formula is C16H25N7O2. The van der Waals surface area contributed by atoms with E-state index < -0.39 is 0 Å². The smallest absolute Gasteiger partial charge is 0.245 e. The fourth-order valence-electron chi connectivity index (χ4n) is 3.41. The lowest BCUT2D eigenvalue weighted by Gasteiger charge is -2.27. The van der Waals surface area contributed by atoms with Crippen LogP contribution in [0, 0.1) is 0 Å². The van der Waals surface area contributed by atoms with Crippen LogP contribution >= 0.6 is 0 Å². The third-order valence-corrected chi connectivity index (χ3v) is 4.83. The van der Waals surface area contributed by atoms with Gasteiger partial charge in [-0.05, 0) is 23.2 Å². The van der Waals surface area contributed by atoms with Crippen molar-refractivity contribution in [1.29, 1.82) is 0 Å². The summed E-state index contributed by atoms with van der Waals surface area (Å²) in [6, 6.07) is 0. The molecule has 2 aliphatic rings. The van der Waals surface area contributed by atoms with Crippen molar-refractivity contribution in [1.82, 2.24) is 25.2 Å². The van der Waals surface area contributed by atoms with Gasteiger partial charge in [0.15, 0.2) is 11.6 Å². The highest BCUT2D eigenvalue weighted by Crippen LogP contribution is 2.26. The van der Waals surface area contributed by atoms with Crippen LogP contribution in [0.2, 0.25) is 0 Å². The highest BCUT2D eigenvalue weighted by atomic mass is 16.6. The third-order valence-electron chi connectivity index (χ3n) is 4.83. The summed E-state index contributed by atoms with van der Waals surface area (Å²) in [7, 11) is 0. The van der Waals surface area contributed by atoms with Gasteiger partial charge in [0.1, 0.15) is 0 Å². The van der Waals surface area contributed by atoms with E-state index in [1.54, 1.807) is 0 Å². The van der Waals surface area contributed by atoms with Crippen molar-refractivity contribution in [3.05, 3.63) is 0 Å². The average molecular weight is 347 g/mol. The molecule has 0 saturated carbocycles. The minimum atomic E-state index is 0.451. The topological polar surface area (TPSA) is 92.4 Å². The lowest BCUT2D eigenvalue weighted by Crippen LogP contribution is -2.39. The molecule has 25 heavy (non-hydrogen) atoms. The molecule has 0 atom stereocenters. The highest BCUT2D eigenvalue weighted by molar-refractivity contribution is 5.74. The van der Waals surface area contributed by atoms with Crippen LogP contribution in [-0.2, 0) is 4.74 Å². The normalized spacial score (nSPS) is 19.9. The number of hydrogen-bond donors (Lipinski definition) is 1. The van der Waals surface area contributed by atoms with Gasteiger partial charge in [0.05, 0.1) is 13.2 Å². The second-order valence-corrected chi connectivity index (χ2v) is 6.59. The number of anilines is 2. The van der Waals surface area contributed by atoms with Crippen LogP contribution in [0.3, 0.4) is 0 Å². The first kappa shape index (κ1) is 16.5. The summed E-state index contributed by atoms with van der Waals surface area (Å²) >= 11 is 0. The van der Waals surface area contributed by atoms with Crippen molar-refractivity contribution in [2.75, 3.05) is 62.7 Å². The highest BCUT2D eigenvalue weighted by Gasteiger charge is 2.19. The number of nitrogens with one attached hydrogen (secondary N) is 1. The molecule has 4 heterocycles. The molecule has 0 bridgehead atoms. The van der Waals surface area contributed by atoms with E-state index in [-0.39, 0.29) is 0 Å². The van der Waals surface area contributed by atoms with Gasteiger partial charge in [-0.15, -0.1) is 0 Å². The van der Waals surface area contributed by atoms with Crippen LogP contribution in [0.1, 0.15) is 25.7 Å². The van der Waals surface area contributed by atoms with Gasteiger partial charge < -0.3 is 15.0 Å². The zero-order valence-electron chi connectivity index (χ0n) is 14.5. The van der Waals surface area contributed by atoms with Gasteiger partial charge in [0.25, 0.3) is 0 Å². The van der Waals surface area contributed by atoms with Crippen molar-refractivity contribution >= 4 is 22.9 Å². The molecule has 2 aliphatic heterocycles. The van der Waals surface area contributed by atoms with Gasteiger partial charge in [-0.2, -0.15) is 0 Å². The first-order valence-corrected chi connectivity index (χ1v) is 9.19. The Kier molecular flexibility index (Phi) is 5.22. The van der Waals surface area contributed by atoms with E-state index in [2.05, 4.69) is 35.4 Å². The van der Waals surface area contributed by atoms with Crippen LogP contribution in [0.15, 0.2) is 4.63 Å². The van der Waals surface area contributed by atoms with Gasteiger partial charge in [-0.1, -0.05) is 12.8 Å². The minimum absolute atomic E-state index is 0.451. The molecular weight excluding hydrogens is 322 g/mol.